The van der Waals surface area contributed by atoms with Crippen molar-refractivity contribution in [1.82, 2.24) is 10.2 Å². The van der Waals surface area contributed by atoms with E-state index in [2.05, 4.69) is 5.32 Å². The summed E-state index contributed by atoms with van der Waals surface area (Å²) in [5, 5.41) is 2.77. The van der Waals surface area contributed by atoms with Crippen LogP contribution in [0.1, 0.15) is 12.8 Å². The van der Waals surface area contributed by atoms with Crippen LogP contribution in [0.2, 0.25) is 0 Å². The van der Waals surface area contributed by atoms with E-state index in [4.69, 9.17) is 5.73 Å². The highest BCUT2D eigenvalue weighted by atomic mass is 35.5. The van der Waals surface area contributed by atoms with Gasteiger partial charge in [-0.15, -0.1) is 24.8 Å². The maximum atomic E-state index is 11.2. The van der Waals surface area contributed by atoms with Crippen LogP contribution in [0.4, 0.5) is 0 Å². The number of nitrogens with zero attached hydrogens (tertiary/aromatic N) is 1. The van der Waals surface area contributed by atoms with Crippen LogP contribution in [-0.4, -0.2) is 37.6 Å². The summed E-state index contributed by atoms with van der Waals surface area (Å²) in [6, 6.07) is 0. The van der Waals surface area contributed by atoms with Gasteiger partial charge in [-0.05, 0) is 26.9 Å². The second kappa shape index (κ2) is 7.29. The lowest BCUT2D eigenvalue weighted by Crippen LogP contribution is -2.48. The molecule has 0 bridgehead atoms. The third kappa shape index (κ3) is 6.43. The number of nitrogens with two attached hydrogens (primary N) is 1. The van der Waals surface area contributed by atoms with Crippen LogP contribution in [0.5, 0.6) is 0 Å². The molecule has 0 saturated heterocycles. The minimum absolute atomic E-state index is 0. The lowest BCUT2D eigenvalue weighted by Gasteiger charge is -2.17. The van der Waals surface area contributed by atoms with Crippen molar-refractivity contribution in [2.75, 3.05) is 20.6 Å². The molecule has 4 nitrogen and oxygen atoms in total. The largest absolute Gasteiger partial charge is 0.339 e. The molecule has 0 spiro atoms. The topological polar surface area (TPSA) is 58.4 Å². The van der Waals surface area contributed by atoms with Crippen molar-refractivity contribution in [3.63, 3.8) is 0 Å². The molecule has 1 fully saturated rings. The third-order valence-electron chi connectivity index (χ3n) is 1.84. The first kappa shape index (κ1) is 16.4. The SMILES string of the molecule is CN(C)CC(N)NC(=O)C1CC1.Cl.Cl. The van der Waals surface area contributed by atoms with E-state index in [1.807, 2.05) is 19.0 Å². The Bertz CT molecular complexity index is 174. The van der Waals surface area contributed by atoms with Crippen molar-refractivity contribution in [3.8, 4) is 0 Å². The molecule has 0 radical (unpaired) electrons. The first-order valence-corrected chi connectivity index (χ1v) is 4.30. The molecule has 1 unspecified atom stereocenters. The Hall–Kier alpha value is -0.0300. The molecule has 14 heavy (non-hydrogen) atoms. The van der Waals surface area contributed by atoms with Crippen LogP contribution in [0.25, 0.3) is 0 Å². The van der Waals surface area contributed by atoms with Crippen molar-refractivity contribution in [2.24, 2.45) is 11.7 Å². The number of carbonyl (C=O) groups excluding carboxylic acids is 1. The van der Waals surface area contributed by atoms with Gasteiger partial charge in [0.15, 0.2) is 0 Å². The molecule has 0 aromatic carbocycles. The Morgan fingerprint density at radius 1 is 1.50 bits per heavy atom. The lowest BCUT2D eigenvalue weighted by atomic mass is 10.3. The van der Waals surface area contributed by atoms with Gasteiger partial charge in [-0.25, -0.2) is 0 Å². The van der Waals surface area contributed by atoms with E-state index in [0.29, 0.717) is 6.54 Å². The van der Waals surface area contributed by atoms with Crippen LogP contribution in [0, 0.1) is 5.92 Å². The Labute approximate surface area is 97.4 Å². The summed E-state index contributed by atoms with van der Waals surface area (Å²) in [5.41, 5.74) is 5.67. The predicted molar refractivity (Wildman–Crippen MR) is 61.9 cm³/mol. The van der Waals surface area contributed by atoms with E-state index < -0.39 is 0 Å². The number of hydrogen-bond donors (Lipinski definition) is 2. The fourth-order valence-corrected chi connectivity index (χ4v) is 1.09. The average Bonchev–Trinajstić information content (AvgIpc) is 2.63. The van der Waals surface area contributed by atoms with Gasteiger partial charge in [0.05, 0.1) is 6.17 Å². The Kier molecular flexibility index (Phi) is 8.54. The Morgan fingerprint density at radius 2 is 2.00 bits per heavy atom. The fourth-order valence-electron chi connectivity index (χ4n) is 1.09. The monoisotopic (exact) mass is 243 g/mol. The van der Waals surface area contributed by atoms with Gasteiger partial charge in [0.2, 0.25) is 5.91 Å². The highest BCUT2D eigenvalue weighted by Gasteiger charge is 2.30. The Morgan fingerprint density at radius 3 is 2.36 bits per heavy atom. The third-order valence-corrected chi connectivity index (χ3v) is 1.84. The first-order chi connectivity index (χ1) is 5.59. The second-order valence-corrected chi connectivity index (χ2v) is 3.65. The van der Waals surface area contributed by atoms with E-state index in [-0.39, 0.29) is 42.8 Å². The molecular weight excluding hydrogens is 225 g/mol. The summed E-state index contributed by atoms with van der Waals surface area (Å²) in [4.78, 5) is 13.1. The van der Waals surface area contributed by atoms with Crippen molar-refractivity contribution < 1.29 is 4.79 Å². The van der Waals surface area contributed by atoms with Gasteiger partial charge < -0.3 is 16.0 Å². The molecule has 1 amide bonds. The minimum Gasteiger partial charge on any atom is -0.339 e. The van der Waals surface area contributed by atoms with E-state index in [9.17, 15) is 4.79 Å². The van der Waals surface area contributed by atoms with E-state index >= 15 is 0 Å². The molecule has 0 heterocycles. The lowest BCUT2D eigenvalue weighted by molar-refractivity contribution is -0.123. The van der Waals surface area contributed by atoms with Gasteiger partial charge in [0.25, 0.3) is 0 Å². The van der Waals surface area contributed by atoms with E-state index in [1.165, 1.54) is 0 Å². The molecule has 1 aliphatic rings. The van der Waals surface area contributed by atoms with Crippen LogP contribution < -0.4 is 11.1 Å². The molecule has 1 atom stereocenters. The summed E-state index contributed by atoms with van der Waals surface area (Å²) in [6.45, 7) is 0.693. The molecular formula is C8H19Cl2N3O. The number of nitrogens with one attached hydrogen (secondary N) is 1. The summed E-state index contributed by atoms with van der Waals surface area (Å²) < 4.78 is 0. The molecule has 3 N–H and O–H groups in total. The van der Waals surface area contributed by atoms with Gasteiger partial charge in [-0.1, -0.05) is 0 Å². The minimum atomic E-state index is -0.229. The standard InChI is InChI=1S/C8H17N3O.2ClH/c1-11(2)5-7(9)10-8(12)6-3-4-6;;/h6-7H,3-5,9H2,1-2H3,(H,10,12);2*1H. The zero-order chi connectivity index (χ0) is 9.14. The molecule has 0 aromatic heterocycles. The molecule has 0 aliphatic heterocycles. The van der Waals surface area contributed by atoms with Crippen molar-refractivity contribution >= 4 is 30.7 Å². The summed E-state index contributed by atoms with van der Waals surface area (Å²) in [7, 11) is 3.87. The number of likely N-dealkylation sites (N-methyl/N-ethyl adjacent to an activating group) is 1. The van der Waals surface area contributed by atoms with Crippen molar-refractivity contribution in [1.29, 1.82) is 0 Å². The Balaban J connectivity index is 0. The van der Waals surface area contributed by atoms with Crippen LogP contribution in [-0.2, 0) is 4.79 Å². The summed E-state index contributed by atoms with van der Waals surface area (Å²) >= 11 is 0. The average molecular weight is 244 g/mol. The van der Waals surface area contributed by atoms with Gasteiger partial charge >= 0.3 is 0 Å². The molecule has 86 valence electrons. The van der Waals surface area contributed by atoms with Crippen LogP contribution in [0.15, 0.2) is 0 Å². The van der Waals surface area contributed by atoms with Crippen molar-refractivity contribution in [2.45, 2.75) is 19.0 Å². The van der Waals surface area contributed by atoms with Gasteiger partial charge in [-0.3, -0.25) is 4.79 Å². The maximum absolute atomic E-state index is 11.2. The summed E-state index contributed by atoms with van der Waals surface area (Å²) in [6.07, 6.45) is 1.83. The molecule has 6 heteroatoms. The number of carbonyl (C=O) groups is 1. The number of rotatable bonds is 4. The number of halogens is 2. The number of amides is 1. The first-order valence-electron chi connectivity index (χ1n) is 4.30. The predicted octanol–water partition coefficient (Wildman–Crippen LogP) is 0.203. The zero-order valence-corrected chi connectivity index (χ0v) is 10.2. The normalized spacial score (nSPS) is 16.6. The van der Waals surface area contributed by atoms with Gasteiger partial charge in [-0.2, -0.15) is 0 Å². The van der Waals surface area contributed by atoms with Gasteiger partial charge in [0, 0.05) is 12.5 Å². The number of hydrogen-bond acceptors (Lipinski definition) is 3. The molecule has 1 saturated carbocycles. The maximum Gasteiger partial charge on any atom is 0.224 e. The smallest absolute Gasteiger partial charge is 0.224 e. The quantitative estimate of drug-likeness (QED) is 0.695. The molecule has 1 aliphatic carbocycles. The molecule has 0 aromatic rings. The van der Waals surface area contributed by atoms with Gasteiger partial charge in [0.1, 0.15) is 0 Å². The second-order valence-electron chi connectivity index (χ2n) is 3.65. The van der Waals surface area contributed by atoms with Crippen molar-refractivity contribution in [3.05, 3.63) is 0 Å². The highest BCUT2D eigenvalue weighted by molar-refractivity contribution is 5.85. The van der Waals surface area contributed by atoms with E-state index in [0.717, 1.165) is 12.8 Å². The van der Waals surface area contributed by atoms with Crippen LogP contribution >= 0.6 is 24.8 Å². The fraction of sp³-hybridized carbons (Fsp3) is 0.875. The summed E-state index contributed by atoms with van der Waals surface area (Å²) in [5.74, 6) is 0.363. The molecule has 1 rings (SSSR count). The highest BCUT2D eigenvalue weighted by Crippen LogP contribution is 2.28. The van der Waals surface area contributed by atoms with E-state index in [1.54, 1.807) is 0 Å². The zero-order valence-electron chi connectivity index (χ0n) is 8.53. The van der Waals surface area contributed by atoms with Crippen LogP contribution in [0.3, 0.4) is 0 Å².